The molecule has 1 fully saturated rings. The topological polar surface area (TPSA) is 125 Å². The van der Waals surface area contributed by atoms with Crippen molar-refractivity contribution >= 4 is 15.7 Å². The summed E-state index contributed by atoms with van der Waals surface area (Å²) in [7, 11) is -3.01. The molecule has 1 aliphatic heterocycles. The lowest BCUT2D eigenvalue weighted by Crippen LogP contribution is -2.31. The predicted octanol–water partition coefficient (Wildman–Crippen LogP) is -1.94. The Labute approximate surface area is 90.0 Å². The minimum atomic E-state index is -3.01. The van der Waals surface area contributed by atoms with E-state index in [1.54, 1.807) is 0 Å². The molecule has 16 heavy (non-hydrogen) atoms. The van der Waals surface area contributed by atoms with Gasteiger partial charge in [-0.2, -0.15) is 0 Å². The van der Waals surface area contributed by atoms with Gasteiger partial charge in [-0.1, -0.05) is 0 Å². The second kappa shape index (κ2) is 3.74. The monoisotopic (exact) mass is 246 g/mol. The average Bonchev–Trinajstić information content (AvgIpc) is 2.51. The first kappa shape index (κ1) is 10.9. The number of H-pyrrole nitrogens is 2. The lowest BCUT2D eigenvalue weighted by atomic mass is 10.3. The minimum Gasteiger partial charge on any atom is -0.360 e. The van der Waals surface area contributed by atoms with Crippen molar-refractivity contribution in [2.75, 3.05) is 16.8 Å². The molecule has 1 saturated heterocycles. The van der Waals surface area contributed by atoms with Crippen molar-refractivity contribution in [2.24, 2.45) is 0 Å². The Morgan fingerprint density at radius 1 is 1.38 bits per heavy atom. The Kier molecular flexibility index (Phi) is 2.54. The van der Waals surface area contributed by atoms with E-state index in [9.17, 15) is 18.0 Å². The molecule has 0 radical (unpaired) electrons. The molecule has 9 heteroatoms. The Morgan fingerprint density at radius 3 is 2.69 bits per heavy atom. The van der Waals surface area contributed by atoms with E-state index in [4.69, 9.17) is 0 Å². The Bertz CT molecular complexity index is 601. The van der Waals surface area contributed by atoms with Gasteiger partial charge >= 0.3 is 5.69 Å². The summed E-state index contributed by atoms with van der Waals surface area (Å²) in [4.78, 5) is 23.9. The van der Waals surface area contributed by atoms with Crippen molar-refractivity contribution in [1.82, 2.24) is 15.2 Å². The zero-order valence-electron chi connectivity index (χ0n) is 8.19. The fourth-order valence-corrected chi connectivity index (χ4v) is 3.22. The number of aromatic amines is 2. The summed E-state index contributed by atoms with van der Waals surface area (Å²) in [6.45, 7) is 0. The molecule has 2 rings (SSSR count). The van der Waals surface area contributed by atoms with Gasteiger partial charge in [0.25, 0.3) is 5.56 Å². The van der Waals surface area contributed by atoms with Crippen LogP contribution in [-0.2, 0) is 9.84 Å². The van der Waals surface area contributed by atoms with Crippen LogP contribution >= 0.6 is 0 Å². The average molecular weight is 246 g/mol. The van der Waals surface area contributed by atoms with Crippen LogP contribution in [0, 0.1) is 0 Å². The standard InChI is InChI=1S/C7H10N4O4S/c12-6-5(10-11-7(13)9-6)8-4-1-2-16(14,15)3-4/h4H,1-3H2,(H,8,10)(H2,9,11,12,13). The lowest BCUT2D eigenvalue weighted by molar-refractivity contribution is 0.602. The van der Waals surface area contributed by atoms with Gasteiger partial charge in [-0.25, -0.2) is 18.3 Å². The van der Waals surface area contributed by atoms with Crippen molar-refractivity contribution in [3.05, 3.63) is 20.8 Å². The van der Waals surface area contributed by atoms with E-state index in [-0.39, 0.29) is 23.4 Å². The second-order valence-electron chi connectivity index (χ2n) is 3.60. The maximum absolute atomic E-state index is 11.2. The molecular weight excluding hydrogens is 236 g/mol. The smallest absolute Gasteiger partial charge is 0.342 e. The molecule has 88 valence electrons. The van der Waals surface area contributed by atoms with Crippen molar-refractivity contribution in [3.63, 3.8) is 0 Å². The highest BCUT2D eigenvalue weighted by molar-refractivity contribution is 7.91. The van der Waals surface area contributed by atoms with Crippen molar-refractivity contribution in [1.29, 1.82) is 0 Å². The Morgan fingerprint density at radius 2 is 2.12 bits per heavy atom. The van der Waals surface area contributed by atoms with Crippen LogP contribution in [0.15, 0.2) is 9.59 Å². The van der Waals surface area contributed by atoms with Gasteiger partial charge in [0.05, 0.1) is 11.5 Å². The fraction of sp³-hybridized carbons (Fsp3) is 0.571. The highest BCUT2D eigenvalue weighted by Crippen LogP contribution is 2.13. The number of rotatable bonds is 2. The highest BCUT2D eigenvalue weighted by Gasteiger charge is 2.28. The maximum atomic E-state index is 11.2. The van der Waals surface area contributed by atoms with Crippen LogP contribution in [0.5, 0.6) is 0 Å². The van der Waals surface area contributed by atoms with E-state index >= 15 is 0 Å². The first-order chi connectivity index (χ1) is 7.46. The third-order valence-corrected chi connectivity index (χ3v) is 4.05. The van der Waals surface area contributed by atoms with Crippen molar-refractivity contribution in [2.45, 2.75) is 12.5 Å². The van der Waals surface area contributed by atoms with Gasteiger partial charge in [0.15, 0.2) is 9.84 Å². The molecule has 1 unspecified atom stereocenters. The molecule has 0 aromatic carbocycles. The van der Waals surface area contributed by atoms with Gasteiger partial charge in [0, 0.05) is 6.04 Å². The molecule has 0 saturated carbocycles. The number of hydrogen-bond acceptors (Lipinski definition) is 6. The molecule has 1 aromatic rings. The lowest BCUT2D eigenvalue weighted by Gasteiger charge is -2.08. The Hall–Kier alpha value is -1.64. The van der Waals surface area contributed by atoms with E-state index < -0.39 is 21.1 Å². The summed E-state index contributed by atoms with van der Waals surface area (Å²) in [5.74, 6) is 0.0146. The van der Waals surface area contributed by atoms with Crippen LogP contribution in [0.25, 0.3) is 0 Å². The number of sulfone groups is 1. The summed E-state index contributed by atoms with van der Waals surface area (Å²) < 4.78 is 22.3. The van der Waals surface area contributed by atoms with Crippen LogP contribution in [0.3, 0.4) is 0 Å². The summed E-state index contributed by atoms with van der Waals surface area (Å²) in [5.41, 5.74) is -1.36. The minimum absolute atomic E-state index is 0.0206. The molecule has 8 nitrogen and oxygen atoms in total. The third kappa shape index (κ3) is 2.30. The first-order valence-electron chi connectivity index (χ1n) is 4.62. The number of nitrogens with zero attached hydrogens (tertiary/aromatic N) is 1. The van der Waals surface area contributed by atoms with Gasteiger partial charge in [-0.15, -0.1) is 5.10 Å². The number of anilines is 1. The van der Waals surface area contributed by atoms with E-state index in [0.717, 1.165) is 0 Å². The SMILES string of the molecule is O=c1[nH]nc(NC2CCS(=O)(=O)C2)c(=O)[nH]1. The zero-order chi connectivity index (χ0) is 11.8. The van der Waals surface area contributed by atoms with Crippen LogP contribution < -0.4 is 16.6 Å². The van der Waals surface area contributed by atoms with E-state index in [1.165, 1.54) is 0 Å². The van der Waals surface area contributed by atoms with E-state index in [2.05, 4.69) is 15.5 Å². The maximum Gasteiger partial charge on any atom is 0.342 e. The molecular formula is C7H10N4O4S. The number of aromatic nitrogens is 3. The molecule has 1 aliphatic rings. The van der Waals surface area contributed by atoms with E-state index in [0.29, 0.717) is 6.42 Å². The van der Waals surface area contributed by atoms with Crippen LogP contribution in [0.1, 0.15) is 6.42 Å². The van der Waals surface area contributed by atoms with Crippen molar-refractivity contribution < 1.29 is 8.42 Å². The summed E-state index contributed by atoms with van der Waals surface area (Å²) in [6.07, 6.45) is 0.433. The summed E-state index contributed by atoms with van der Waals surface area (Å²) >= 11 is 0. The van der Waals surface area contributed by atoms with Crippen LogP contribution in [-0.4, -0.2) is 41.1 Å². The summed E-state index contributed by atoms with van der Waals surface area (Å²) in [6, 6.07) is -0.329. The quantitative estimate of drug-likeness (QED) is 0.557. The zero-order valence-corrected chi connectivity index (χ0v) is 9.00. The van der Waals surface area contributed by atoms with E-state index in [1.807, 2.05) is 4.98 Å². The van der Waals surface area contributed by atoms with Gasteiger partial charge in [-0.3, -0.25) is 9.78 Å². The van der Waals surface area contributed by atoms with Crippen molar-refractivity contribution in [3.8, 4) is 0 Å². The fourth-order valence-electron chi connectivity index (χ4n) is 1.55. The molecule has 0 aliphatic carbocycles. The van der Waals surface area contributed by atoms with Gasteiger partial charge < -0.3 is 5.32 Å². The Balaban J connectivity index is 2.17. The molecule has 1 aromatic heterocycles. The number of nitrogens with one attached hydrogen (secondary N) is 3. The predicted molar refractivity (Wildman–Crippen MR) is 56.2 cm³/mol. The van der Waals surface area contributed by atoms with Crippen LogP contribution in [0.2, 0.25) is 0 Å². The molecule has 1 atom stereocenters. The highest BCUT2D eigenvalue weighted by atomic mass is 32.2. The van der Waals surface area contributed by atoms with Crippen LogP contribution in [0.4, 0.5) is 5.82 Å². The van der Waals surface area contributed by atoms with Gasteiger partial charge in [0.2, 0.25) is 5.82 Å². The molecule has 0 spiro atoms. The largest absolute Gasteiger partial charge is 0.360 e. The first-order valence-corrected chi connectivity index (χ1v) is 6.44. The third-order valence-electron chi connectivity index (χ3n) is 2.28. The summed E-state index contributed by atoms with van der Waals surface area (Å²) in [5, 5.41) is 8.25. The molecule has 3 N–H and O–H groups in total. The van der Waals surface area contributed by atoms with Gasteiger partial charge in [0.1, 0.15) is 0 Å². The van der Waals surface area contributed by atoms with Gasteiger partial charge in [-0.05, 0) is 6.42 Å². The number of hydrogen-bond donors (Lipinski definition) is 3. The second-order valence-corrected chi connectivity index (χ2v) is 5.83. The normalized spacial score (nSPS) is 23.1. The molecule has 0 bridgehead atoms. The molecule has 2 heterocycles. The molecule has 0 amide bonds.